The van der Waals surface area contributed by atoms with Gasteiger partial charge in [0.25, 0.3) is 0 Å². The third kappa shape index (κ3) is 4.08. The molecule has 0 radical (unpaired) electrons. The molecule has 5 rings (SSSR count). The molecule has 0 unspecified atom stereocenters. The van der Waals surface area contributed by atoms with Crippen molar-refractivity contribution < 1.29 is 9.21 Å². The third-order valence-electron chi connectivity index (χ3n) is 5.93. The average Bonchev–Trinajstić information content (AvgIpc) is 3.19. The van der Waals surface area contributed by atoms with Gasteiger partial charge in [0.15, 0.2) is 11.4 Å². The van der Waals surface area contributed by atoms with Crippen LogP contribution in [0.15, 0.2) is 59.3 Å². The highest BCUT2D eigenvalue weighted by atomic mass is 35.5. The lowest BCUT2D eigenvalue weighted by atomic mass is 9.95. The van der Waals surface area contributed by atoms with Crippen LogP contribution in [0.4, 0.5) is 5.82 Å². The number of anilines is 1. The Balaban J connectivity index is 1.20. The van der Waals surface area contributed by atoms with Gasteiger partial charge in [0.2, 0.25) is 5.91 Å². The number of nitrogens with zero attached hydrogens (tertiary/aromatic N) is 3. The van der Waals surface area contributed by atoms with Crippen molar-refractivity contribution in [1.29, 1.82) is 0 Å². The summed E-state index contributed by atoms with van der Waals surface area (Å²) in [5.74, 6) is 0.961. The summed E-state index contributed by atoms with van der Waals surface area (Å²) in [5.41, 5.74) is 3.53. The van der Waals surface area contributed by atoms with Crippen LogP contribution in [0.5, 0.6) is 0 Å². The van der Waals surface area contributed by atoms with Crippen molar-refractivity contribution in [1.82, 2.24) is 15.3 Å². The van der Waals surface area contributed by atoms with Crippen LogP contribution in [-0.4, -0.2) is 35.5 Å². The van der Waals surface area contributed by atoms with Gasteiger partial charge in [-0.05, 0) is 49.1 Å². The first kappa shape index (κ1) is 19.8. The van der Waals surface area contributed by atoms with E-state index in [0.29, 0.717) is 6.54 Å². The number of aromatic nitrogens is 2. The van der Waals surface area contributed by atoms with E-state index < -0.39 is 0 Å². The predicted octanol–water partition coefficient (Wildman–Crippen LogP) is 4.60. The van der Waals surface area contributed by atoms with E-state index in [4.69, 9.17) is 16.0 Å². The van der Waals surface area contributed by atoms with E-state index in [2.05, 4.69) is 20.2 Å². The van der Waals surface area contributed by atoms with Crippen molar-refractivity contribution in [2.75, 3.05) is 24.5 Å². The number of carbonyl (C=O) groups excluding carboxylic acids is 1. The van der Waals surface area contributed by atoms with Gasteiger partial charge >= 0.3 is 0 Å². The summed E-state index contributed by atoms with van der Waals surface area (Å²) in [7, 11) is 0. The predicted molar refractivity (Wildman–Crippen MR) is 122 cm³/mol. The lowest BCUT2D eigenvalue weighted by Gasteiger charge is -2.31. The number of furan rings is 1. The molecule has 1 amide bonds. The monoisotopic (exact) mass is 434 g/mol. The van der Waals surface area contributed by atoms with E-state index in [0.717, 1.165) is 70.8 Å². The Morgan fingerprint density at radius 3 is 2.68 bits per heavy atom. The van der Waals surface area contributed by atoms with Gasteiger partial charge in [-0.1, -0.05) is 35.9 Å². The minimum absolute atomic E-state index is 0.0227. The number of hydrogen-bond acceptors (Lipinski definition) is 5. The molecule has 158 valence electrons. The fourth-order valence-electron chi connectivity index (χ4n) is 4.22. The van der Waals surface area contributed by atoms with Gasteiger partial charge in [0.05, 0.1) is 0 Å². The highest BCUT2D eigenvalue weighted by Gasteiger charge is 2.27. The molecule has 31 heavy (non-hydrogen) atoms. The molecule has 1 aliphatic heterocycles. The van der Waals surface area contributed by atoms with Gasteiger partial charge < -0.3 is 14.6 Å². The molecule has 1 fully saturated rings. The molecule has 3 heterocycles. The smallest absolute Gasteiger partial charge is 0.223 e. The number of fused-ring (bicyclic) bond motifs is 3. The van der Waals surface area contributed by atoms with Crippen LogP contribution < -0.4 is 10.2 Å². The maximum atomic E-state index is 12.6. The van der Waals surface area contributed by atoms with Crippen molar-refractivity contribution >= 4 is 45.4 Å². The number of carbonyl (C=O) groups is 1. The van der Waals surface area contributed by atoms with Crippen molar-refractivity contribution in [3.05, 3.63) is 65.4 Å². The summed E-state index contributed by atoms with van der Waals surface area (Å²) >= 11 is 5.92. The van der Waals surface area contributed by atoms with Gasteiger partial charge in [-0.25, -0.2) is 9.97 Å². The first-order valence-corrected chi connectivity index (χ1v) is 11.0. The third-order valence-corrected chi connectivity index (χ3v) is 6.18. The lowest BCUT2D eigenvalue weighted by Crippen LogP contribution is -2.41. The van der Waals surface area contributed by atoms with E-state index in [1.54, 1.807) is 6.33 Å². The Hall–Kier alpha value is -3.12. The van der Waals surface area contributed by atoms with E-state index in [1.807, 2.05) is 48.5 Å². The summed E-state index contributed by atoms with van der Waals surface area (Å²) < 4.78 is 6.06. The van der Waals surface area contributed by atoms with E-state index in [9.17, 15) is 4.79 Å². The summed E-state index contributed by atoms with van der Waals surface area (Å²) in [4.78, 5) is 23.7. The summed E-state index contributed by atoms with van der Waals surface area (Å²) in [5, 5.41) is 4.80. The highest BCUT2D eigenvalue weighted by Crippen LogP contribution is 2.33. The summed E-state index contributed by atoms with van der Waals surface area (Å²) in [6.45, 7) is 2.16. The Labute approximate surface area is 185 Å². The van der Waals surface area contributed by atoms with Crippen molar-refractivity contribution in [2.24, 2.45) is 5.92 Å². The molecular weight excluding hydrogens is 412 g/mol. The van der Waals surface area contributed by atoms with E-state index in [-0.39, 0.29) is 11.8 Å². The highest BCUT2D eigenvalue weighted by molar-refractivity contribution is 6.30. The van der Waals surface area contributed by atoms with E-state index >= 15 is 0 Å². The molecular formula is C24H23ClN4O2. The molecule has 0 atom stereocenters. The van der Waals surface area contributed by atoms with Gasteiger partial charge in [0.1, 0.15) is 17.4 Å². The zero-order chi connectivity index (χ0) is 21.2. The Kier molecular flexibility index (Phi) is 5.47. The zero-order valence-corrected chi connectivity index (χ0v) is 17.8. The van der Waals surface area contributed by atoms with Gasteiger partial charge in [-0.15, -0.1) is 0 Å². The van der Waals surface area contributed by atoms with Crippen molar-refractivity contribution in [3.63, 3.8) is 0 Å². The second-order valence-corrected chi connectivity index (χ2v) is 8.34. The number of rotatable bonds is 5. The van der Waals surface area contributed by atoms with Crippen LogP contribution in [0.1, 0.15) is 18.4 Å². The maximum absolute atomic E-state index is 12.6. The molecule has 1 N–H and O–H groups in total. The van der Waals surface area contributed by atoms with Crippen LogP contribution in [0.3, 0.4) is 0 Å². The summed E-state index contributed by atoms with van der Waals surface area (Å²) in [6.07, 6.45) is 3.97. The van der Waals surface area contributed by atoms with E-state index in [1.165, 1.54) is 0 Å². The number of piperidine rings is 1. The molecule has 1 aliphatic rings. The molecule has 2 aromatic carbocycles. The molecule has 0 spiro atoms. The zero-order valence-electron chi connectivity index (χ0n) is 17.1. The quantitative estimate of drug-likeness (QED) is 0.496. The number of para-hydroxylation sites is 1. The number of nitrogens with one attached hydrogen (secondary N) is 1. The molecule has 4 aromatic rings. The number of halogens is 1. The maximum Gasteiger partial charge on any atom is 0.223 e. The minimum Gasteiger partial charge on any atom is -0.450 e. The minimum atomic E-state index is 0.0227. The average molecular weight is 435 g/mol. The Morgan fingerprint density at radius 2 is 1.87 bits per heavy atom. The molecule has 1 saturated heterocycles. The lowest BCUT2D eigenvalue weighted by molar-refractivity contribution is -0.125. The fourth-order valence-corrected chi connectivity index (χ4v) is 4.34. The molecule has 7 heteroatoms. The second-order valence-electron chi connectivity index (χ2n) is 7.90. The van der Waals surface area contributed by atoms with Crippen LogP contribution in [0.2, 0.25) is 5.02 Å². The number of benzene rings is 2. The largest absolute Gasteiger partial charge is 0.450 e. The Morgan fingerprint density at radius 1 is 1.10 bits per heavy atom. The van der Waals surface area contributed by atoms with Gasteiger partial charge in [-0.3, -0.25) is 4.79 Å². The van der Waals surface area contributed by atoms with Crippen LogP contribution in [0, 0.1) is 5.92 Å². The Bertz CT molecular complexity index is 1210. The van der Waals surface area contributed by atoms with Gasteiger partial charge in [0, 0.05) is 36.0 Å². The fraction of sp³-hybridized carbons (Fsp3) is 0.292. The molecule has 0 bridgehead atoms. The SMILES string of the molecule is O=C(NCCc1ccc(Cl)cc1)C1CCN(c2ncnc3c2oc2ccccc23)CC1. The second kappa shape index (κ2) is 8.55. The van der Waals surface area contributed by atoms with Crippen LogP contribution in [0.25, 0.3) is 22.1 Å². The standard InChI is InChI=1S/C24H23ClN4O2/c25-18-7-5-16(6-8-18)9-12-26-24(30)17-10-13-29(14-11-17)23-22-21(27-15-28-23)19-3-1-2-4-20(19)31-22/h1-8,15,17H,9-14H2,(H,26,30). The molecule has 0 saturated carbocycles. The van der Waals surface area contributed by atoms with Gasteiger partial charge in [-0.2, -0.15) is 0 Å². The molecule has 0 aliphatic carbocycles. The van der Waals surface area contributed by atoms with Crippen molar-refractivity contribution in [3.8, 4) is 0 Å². The van der Waals surface area contributed by atoms with Crippen LogP contribution in [-0.2, 0) is 11.2 Å². The molecule has 2 aromatic heterocycles. The number of hydrogen-bond donors (Lipinski definition) is 1. The van der Waals surface area contributed by atoms with Crippen molar-refractivity contribution in [2.45, 2.75) is 19.3 Å². The first-order valence-electron chi connectivity index (χ1n) is 10.6. The molecule has 6 nitrogen and oxygen atoms in total. The topological polar surface area (TPSA) is 71.3 Å². The summed E-state index contributed by atoms with van der Waals surface area (Å²) in [6, 6.07) is 15.6. The van der Waals surface area contributed by atoms with Crippen LogP contribution >= 0.6 is 11.6 Å². The first-order chi connectivity index (χ1) is 15.2. The number of amides is 1. The normalized spacial score (nSPS) is 14.9.